The van der Waals surface area contributed by atoms with Gasteiger partial charge in [0.25, 0.3) is 0 Å². The lowest BCUT2D eigenvalue weighted by Gasteiger charge is -2.12. The highest BCUT2D eigenvalue weighted by atomic mass is 32.1. The van der Waals surface area contributed by atoms with Crippen LogP contribution < -0.4 is 10.1 Å². The minimum atomic E-state index is 0.499. The molecule has 0 bridgehead atoms. The Bertz CT molecular complexity index is 792. The maximum absolute atomic E-state index is 5.89. The van der Waals surface area contributed by atoms with Crippen LogP contribution >= 0.6 is 11.3 Å². The van der Waals surface area contributed by atoms with E-state index in [9.17, 15) is 0 Å². The molecule has 4 rings (SSSR count). The van der Waals surface area contributed by atoms with Crippen LogP contribution in [0.5, 0.6) is 5.75 Å². The summed E-state index contributed by atoms with van der Waals surface area (Å²) in [6.07, 6.45) is 5.39. The topological polar surface area (TPSA) is 34.1 Å². The summed E-state index contributed by atoms with van der Waals surface area (Å²) >= 11 is 1.76. The molecule has 1 N–H and O–H groups in total. The van der Waals surface area contributed by atoms with Crippen molar-refractivity contribution in [2.24, 2.45) is 0 Å². The minimum absolute atomic E-state index is 0.499. The third kappa shape index (κ3) is 4.27. The second kappa shape index (κ2) is 7.81. The largest absolute Gasteiger partial charge is 0.492 e. The summed E-state index contributed by atoms with van der Waals surface area (Å²) in [5.41, 5.74) is 2.47. The van der Waals surface area contributed by atoms with Crippen molar-refractivity contribution in [1.82, 2.24) is 10.3 Å². The van der Waals surface area contributed by atoms with Crippen LogP contribution in [0.4, 0.5) is 0 Å². The maximum atomic E-state index is 5.89. The molecule has 0 radical (unpaired) electrons. The molecule has 0 saturated carbocycles. The van der Waals surface area contributed by atoms with Gasteiger partial charge in [0.15, 0.2) is 0 Å². The maximum Gasteiger partial charge on any atom is 0.123 e. The van der Waals surface area contributed by atoms with Gasteiger partial charge < -0.3 is 10.1 Å². The summed E-state index contributed by atoms with van der Waals surface area (Å²) in [6, 6.07) is 19.3. The van der Waals surface area contributed by atoms with Crippen LogP contribution in [0, 0.1) is 0 Å². The van der Waals surface area contributed by atoms with E-state index < -0.39 is 0 Å². The summed E-state index contributed by atoms with van der Waals surface area (Å²) in [7, 11) is 0. The third-order valence-electron chi connectivity index (χ3n) is 4.49. The molecule has 3 nitrogen and oxygen atoms in total. The number of thiazole rings is 1. The second-order valence-electron chi connectivity index (χ2n) is 6.42. The normalized spacial score (nSPS) is 16.9. The molecule has 0 unspecified atom stereocenters. The predicted octanol–water partition coefficient (Wildman–Crippen LogP) is 4.53. The Labute approximate surface area is 152 Å². The minimum Gasteiger partial charge on any atom is -0.492 e. The molecule has 1 aromatic heterocycles. The molecule has 0 aliphatic carbocycles. The Kier molecular flexibility index (Phi) is 5.09. The molecule has 25 heavy (non-hydrogen) atoms. The van der Waals surface area contributed by atoms with Crippen LogP contribution in [-0.2, 0) is 6.42 Å². The Morgan fingerprint density at radius 1 is 1.08 bits per heavy atom. The predicted molar refractivity (Wildman–Crippen MR) is 103 cm³/mol. The highest BCUT2D eigenvalue weighted by Gasteiger charge is 2.14. The number of nitrogens with one attached hydrogen (secondary N) is 1. The second-order valence-corrected chi connectivity index (χ2v) is 7.54. The van der Waals surface area contributed by atoms with Crippen LogP contribution in [0.15, 0.2) is 60.8 Å². The fraction of sp³-hybridized carbons (Fsp3) is 0.286. The van der Waals surface area contributed by atoms with Crippen molar-refractivity contribution in [3.8, 4) is 16.3 Å². The van der Waals surface area contributed by atoms with Crippen molar-refractivity contribution in [3.63, 3.8) is 0 Å². The number of benzene rings is 2. The summed E-state index contributed by atoms with van der Waals surface area (Å²) in [5.74, 6) is 0.929. The monoisotopic (exact) mass is 350 g/mol. The molecular weight excluding hydrogens is 328 g/mol. The van der Waals surface area contributed by atoms with E-state index >= 15 is 0 Å². The van der Waals surface area contributed by atoms with Crippen molar-refractivity contribution in [3.05, 3.63) is 71.2 Å². The van der Waals surface area contributed by atoms with E-state index in [1.165, 1.54) is 23.3 Å². The van der Waals surface area contributed by atoms with Crippen molar-refractivity contribution in [2.45, 2.75) is 25.3 Å². The fourth-order valence-corrected chi connectivity index (χ4v) is 4.06. The molecule has 4 heteroatoms. The van der Waals surface area contributed by atoms with E-state index in [2.05, 4.69) is 46.7 Å². The van der Waals surface area contributed by atoms with Gasteiger partial charge in [-0.3, -0.25) is 0 Å². The van der Waals surface area contributed by atoms with Gasteiger partial charge in [0.1, 0.15) is 17.4 Å². The van der Waals surface area contributed by atoms with Gasteiger partial charge in [-0.1, -0.05) is 30.3 Å². The Morgan fingerprint density at radius 2 is 1.92 bits per heavy atom. The third-order valence-corrected chi connectivity index (χ3v) is 5.54. The highest BCUT2D eigenvalue weighted by molar-refractivity contribution is 7.15. The van der Waals surface area contributed by atoms with Gasteiger partial charge in [-0.25, -0.2) is 4.98 Å². The first-order valence-electron chi connectivity index (χ1n) is 8.82. The van der Waals surface area contributed by atoms with Gasteiger partial charge in [0.2, 0.25) is 0 Å². The first-order valence-corrected chi connectivity index (χ1v) is 9.64. The van der Waals surface area contributed by atoms with Crippen LogP contribution in [0.3, 0.4) is 0 Å². The van der Waals surface area contributed by atoms with Gasteiger partial charge in [0, 0.05) is 29.1 Å². The first-order chi connectivity index (χ1) is 12.4. The quantitative estimate of drug-likeness (QED) is 0.709. The van der Waals surface area contributed by atoms with E-state index in [1.54, 1.807) is 11.3 Å². The van der Waals surface area contributed by atoms with E-state index in [1.807, 2.05) is 24.4 Å². The van der Waals surface area contributed by atoms with E-state index in [0.717, 1.165) is 35.9 Å². The summed E-state index contributed by atoms with van der Waals surface area (Å²) < 4.78 is 5.89. The fourth-order valence-electron chi connectivity index (χ4n) is 3.11. The average Bonchev–Trinajstić information content (AvgIpc) is 3.33. The molecule has 2 aromatic carbocycles. The molecule has 1 atom stereocenters. The van der Waals surface area contributed by atoms with Crippen molar-refractivity contribution in [1.29, 1.82) is 0 Å². The molecule has 0 amide bonds. The lowest BCUT2D eigenvalue weighted by atomic mass is 10.1. The van der Waals surface area contributed by atoms with Crippen LogP contribution in [0.1, 0.15) is 23.3 Å². The summed E-state index contributed by atoms with van der Waals surface area (Å²) in [4.78, 5) is 5.87. The molecule has 1 aliphatic rings. The Morgan fingerprint density at radius 3 is 2.68 bits per heavy atom. The van der Waals surface area contributed by atoms with Gasteiger partial charge in [-0.2, -0.15) is 0 Å². The standard InChI is InChI=1S/C21H22N2OS/c1-2-5-16(6-3-1)13-20-14-23-21(25-20)17-8-10-19(11-9-17)24-15-18-7-4-12-22-18/h1-3,5-6,8-11,14,18,22H,4,7,12-13,15H2/t18-/m0/s1. The SMILES string of the molecule is c1ccc(Cc2cnc(-c3ccc(OC[C@@H]4CCCN4)cc3)s2)cc1. The zero-order chi connectivity index (χ0) is 16.9. The van der Waals surface area contributed by atoms with Gasteiger partial charge >= 0.3 is 0 Å². The van der Waals surface area contributed by atoms with Crippen molar-refractivity contribution >= 4 is 11.3 Å². The number of rotatable bonds is 6. The number of ether oxygens (including phenoxy) is 1. The van der Waals surface area contributed by atoms with Crippen molar-refractivity contribution in [2.75, 3.05) is 13.2 Å². The molecule has 128 valence electrons. The van der Waals surface area contributed by atoms with Crippen LogP contribution in [-0.4, -0.2) is 24.2 Å². The molecule has 3 aromatic rings. The van der Waals surface area contributed by atoms with Gasteiger partial charge in [-0.05, 0) is 49.2 Å². The number of hydrogen-bond donors (Lipinski definition) is 1. The van der Waals surface area contributed by atoms with Gasteiger partial charge in [-0.15, -0.1) is 11.3 Å². The zero-order valence-corrected chi connectivity index (χ0v) is 15.0. The summed E-state index contributed by atoms with van der Waals surface area (Å²) in [5, 5.41) is 4.52. The lowest BCUT2D eigenvalue weighted by Crippen LogP contribution is -2.28. The highest BCUT2D eigenvalue weighted by Crippen LogP contribution is 2.28. The number of hydrogen-bond acceptors (Lipinski definition) is 4. The van der Waals surface area contributed by atoms with E-state index in [0.29, 0.717) is 6.04 Å². The van der Waals surface area contributed by atoms with E-state index in [-0.39, 0.29) is 0 Å². The van der Waals surface area contributed by atoms with Crippen LogP contribution in [0.25, 0.3) is 10.6 Å². The summed E-state index contributed by atoms with van der Waals surface area (Å²) in [6.45, 7) is 1.86. The lowest BCUT2D eigenvalue weighted by molar-refractivity contribution is 0.277. The first kappa shape index (κ1) is 16.3. The molecule has 1 aliphatic heterocycles. The number of aromatic nitrogens is 1. The molecular formula is C21H22N2OS. The average molecular weight is 350 g/mol. The zero-order valence-electron chi connectivity index (χ0n) is 14.2. The molecule has 2 heterocycles. The Hall–Kier alpha value is -2.17. The number of nitrogens with zero attached hydrogens (tertiary/aromatic N) is 1. The molecule has 1 fully saturated rings. The van der Waals surface area contributed by atoms with Crippen LogP contribution in [0.2, 0.25) is 0 Å². The van der Waals surface area contributed by atoms with Crippen molar-refractivity contribution < 1.29 is 4.74 Å². The molecule has 1 saturated heterocycles. The smallest absolute Gasteiger partial charge is 0.123 e. The van der Waals surface area contributed by atoms with Gasteiger partial charge in [0.05, 0.1) is 0 Å². The molecule has 0 spiro atoms. The Balaban J connectivity index is 1.38. The van der Waals surface area contributed by atoms with E-state index in [4.69, 9.17) is 4.74 Å².